The van der Waals surface area contributed by atoms with Crippen LogP contribution in [0.1, 0.15) is 5.69 Å². The first kappa shape index (κ1) is 8.16. The summed E-state index contributed by atoms with van der Waals surface area (Å²) in [6.45, 7) is 1.96. The minimum absolute atomic E-state index is 0.836. The van der Waals surface area contributed by atoms with Crippen molar-refractivity contribution < 1.29 is 0 Å². The molecule has 74 valence electrons. The third-order valence-corrected chi connectivity index (χ3v) is 2.32. The number of hydrogen-bond donors (Lipinski definition) is 2. The molecule has 0 spiro atoms. The summed E-state index contributed by atoms with van der Waals surface area (Å²) in [6.07, 6.45) is 3.54. The molecule has 3 aromatic rings. The highest BCUT2D eigenvalue weighted by Crippen LogP contribution is 2.23. The molecule has 3 aromatic heterocycles. The molecule has 5 heteroatoms. The lowest BCUT2D eigenvalue weighted by Gasteiger charge is -1.93. The summed E-state index contributed by atoms with van der Waals surface area (Å²) in [5.41, 5.74) is 4.59. The van der Waals surface area contributed by atoms with Crippen molar-refractivity contribution >= 4 is 11.0 Å². The van der Waals surface area contributed by atoms with Crippen LogP contribution in [0.5, 0.6) is 0 Å². The maximum Gasteiger partial charge on any atom is 0.121 e. The van der Waals surface area contributed by atoms with Crippen LogP contribution in [0.3, 0.4) is 0 Å². The maximum atomic E-state index is 4.46. The molecular weight excluding hydrogens is 190 g/mol. The Hall–Kier alpha value is -2.17. The Balaban J connectivity index is 2.32. The molecule has 0 radical (unpaired) electrons. The van der Waals surface area contributed by atoms with Crippen molar-refractivity contribution in [2.24, 2.45) is 0 Å². The molecule has 0 fully saturated rings. The summed E-state index contributed by atoms with van der Waals surface area (Å²) in [5.74, 6) is 0. The molecule has 0 aliphatic rings. The van der Waals surface area contributed by atoms with Gasteiger partial charge in [-0.25, -0.2) is 4.98 Å². The monoisotopic (exact) mass is 199 g/mol. The minimum Gasteiger partial charge on any atom is -0.285 e. The minimum atomic E-state index is 0.836. The van der Waals surface area contributed by atoms with E-state index in [9.17, 15) is 0 Å². The Bertz CT molecular complexity index is 593. The van der Waals surface area contributed by atoms with Crippen LogP contribution in [0.25, 0.3) is 22.3 Å². The highest BCUT2D eigenvalue weighted by molar-refractivity contribution is 5.89. The van der Waals surface area contributed by atoms with Crippen LogP contribution < -0.4 is 0 Å². The SMILES string of the molecule is Cc1ccc2[nH]nc(-c3cn[nH]c3)c2n1. The largest absolute Gasteiger partial charge is 0.285 e. The van der Waals surface area contributed by atoms with Gasteiger partial charge >= 0.3 is 0 Å². The van der Waals surface area contributed by atoms with Gasteiger partial charge in [-0.15, -0.1) is 0 Å². The molecule has 15 heavy (non-hydrogen) atoms. The van der Waals surface area contributed by atoms with Gasteiger partial charge in [0.15, 0.2) is 0 Å². The molecule has 0 unspecified atom stereocenters. The molecular formula is C10H9N5. The van der Waals surface area contributed by atoms with Crippen molar-refractivity contribution in [3.8, 4) is 11.3 Å². The first-order chi connectivity index (χ1) is 7.34. The normalized spacial score (nSPS) is 11.0. The number of H-pyrrole nitrogens is 2. The number of fused-ring (bicyclic) bond motifs is 1. The number of aryl methyl sites for hydroxylation is 1. The zero-order chi connectivity index (χ0) is 10.3. The molecule has 0 aliphatic heterocycles. The Morgan fingerprint density at radius 2 is 2.20 bits per heavy atom. The Morgan fingerprint density at radius 3 is 3.00 bits per heavy atom. The van der Waals surface area contributed by atoms with Gasteiger partial charge in [-0.3, -0.25) is 10.2 Å². The van der Waals surface area contributed by atoms with Crippen LogP contribution in [-0.2, 0) is 0 Å². The maximum absolute atomic E-state index is 4.46. The van der Waals surface area contributed by atoms with Crippen molar-refractivity contribution in [2.75, 3.05) is 0 Å². The molecule has 0 bridgehead atoms. The fourth-order valence-corrected chi connectivity index (χ4v) is 1.58. The molecule has 2 N–H and O–H groups in total. The van der Waals surface area contributed by atoms with Gasteiger partial charge in [-0.1, -0.05) is 0 Å². The number of nitrogens with zero attached hydrogens (tertiary/aromatic N) is 3. The molecule has 5 nitrogen and oxygen atoms in total. The fourth-order valence-electron chi connectivity index (χ4n) is 1.58. The van der Waals surface area contributed by atoms with Gasteiger partial charge in [0.1, 0.15) is 11.2 Å². The van der Waals surface area contributed by atoms with E-state index in [1.54, 1.807) is 12.4 Å². The van der Waals surface area contributed by atoms with E-state index in [1.807, 2.05) is 19.1 Å². The highest BCUT2D eigenvalue weighted by Gasteiger charge is 2.09. The lowest BCUT2D eigenvalue weighted by Crippen LogP contribution is -1.81. The molecule has 0 saturated heterocycles. The van der Waals surface area contributed by atoms with Crippen molar-refractivity contribution in [3.05, 3.63) is 30.2 Å². The lowest BCUT2D eigenvalue weighted by atomic mass is 10.2. The second-order valence-electron chi connectivity index (χ2n) is 3.41. The molecule has 0 saturated carbocycles. The molecule has 3 rings (SSSR count). The van der Waals surface area contributed by atoms with E-state index in [4.69, 9.17) is 0 Å². The predicted molar refractivity (Wildman–Crippen MR) is 56.2 cm³/mol. The lowest BCUT2D eigenvalue weighted by molar-refractivity contribution is 1.09. The molecule has 0 aromatic carbocycles. The number of nitrogens with one attached hydrogen (secondary N) is 2. The number of aromatic nitrogens is 5. The highest BCUT2D eigenvalue weighted by atomic mass is 15.1. The van der Waals surface area contributed by atoms with Crippen LogP contribution in [-0.4, -0.2) is 25.4 Å². The van der Waals surface area contributed by atoms with E-state index >= 15 is 0 Å². The molecule has 3 heterocycles. The Labute approximate surface area is 85.5 Å². The summed E-state index contributed by atoms with van der Waals surface area (Å²) in [4.78, 5) is 4.46. The Kier molecular flexibility index (Phi) is 1.58. The summed E-state index contributed by atoms with van der Waals surface area (Å²) in [6, 6.07) is 3.94. The van der Waals surface area contributed by atoms with Gasteiger partial charge in [0.25, 0.3) is 0 Å². The standard InChI is InChI=1S/C10H9N5/c1-6-2-3-8-10(13-6)9(15-14-8)7-4-11-12-5-7/h2-5H,1H3,(H,11,12)(H,14,15). The smallest absolute Gasteiger partial charge is 0.121 e. The van der Waals surface area contributed by atoms with Gasteiger partial charge in [0, 0.05) is 17.5 Å². The van der Waals surface area contributed by atoms with Crippen LogP contribution >= 0.6 is 0 Å². The van der Waals surface area contributed by atoms with E-state index in [0.29, 0.717) is 0 Å². The molecule has 0 amide bonds. The number of pyridine rings is 1. The van der Waals surface area contributed by atoms with Crippen molar-refractivity contribution in [1.82, 2.24) is 25.4 Å². The van der Waals surface area contributed by atoms with E-state index < -0.39 is 0 Å². The van der Waals surface area contributed by atoms with Crippen LogP contribution in [0.15, 0.2) is 24.5 Å². The second kappa shape index (κ2) is 2.91. The van der Waals surface area contributed by atoms with Crippen LogP contribution in [0, 0.1) is 6.92 Å². The van der Waals surface area contributed by atoms with E-state index in [0.717, 1.165) is 28.0 Å². The zero-order valence-electron chi connectivity index (χ0n) is 8.15. The van der Waals surface area contributed by atoms with E-state index in [2.05, 4.69) is 25.4 Å². The average molecular weight is 199 g/mol. The summed E-state index contributed by atoms with van der Waals surface area (Å²) in [5, 5.41) is 13.8. The van der Waals surface area contributed by atoms with Gasteiger partial charge < -0.3 is 0 Å². The number of aromatic amines is 2. The predicted octanol–water partition coefficient (Wildman–Crippen LogP) is 1.66. The first-order valence-electron chi connectivity index (χ1n) is 4.65. The number of hydrogen-bond acceptors (Lipinski definition) is 3. The third-order valence-electron chi connectivity index (χ3n) is 2.32. The number of rotatable bonds is 1. The van der Waals surface area contributed by atoms with Gasteiger partial charge in [0.2, 0.25) is 0 Å². The van der Waals surface area contributed by atoms with Gasteiger partial charge in [0.05, 0.1) is 11.7 Å². The topological polar surface area (TPSA) is 70.2 Å². The summed E-state index contributed by atoms with van der Waals surface area (Å²) in [7, 11) is 0. The van der Waals surface area contributed by atoms with Crippen molar-refractivity contribution in [3.63, 3.8) is 0 Å². The molecule has 0 aliphatic carbocycles. The van der Waals surface area contributed by atoms with Crippen LogP contribution in [0.4, 0.5) is 0 Å². The average Bonchev–Trinajstić information content (AvgIpc) is 2.83. The fraction of sp³-hybridized carbons (Fsp3) is 0.100. The Morgan fingerprint density at radius 1 is 1.27 bits per heavy atom. The van der Waals surface area contributed by atoms with Crippen molar-refractivity contribution in [1.29, 1.82) is 0 Å². The third kappa shape index (κ3) is 1.20. The van der Waals surface area contributed by atoms with E-state index in [1.165, 1.54) is 0 Å². The molecule has 0 atom stereocenters. The first-order valence-corrected chi connectivity index (χ1v) is 4.65. The summed E-state index contributed by atoms with van der Waals surface area (Å²) >= 11 is 0. The van der Waals surface area contributed by atoms with Gasteiger partial charge in [-0.05, 0) is 19.1 Å². The summed E-state index contributed by atoms with van der Waals surface area (Å²) < 4.78 is 0. The van der Waals surface area contributed by atoms with Crippen molar-refractivity contribution in [2.45, 2.75) is 6.92 Å². The van der Waals surface area contributed by atoms with Gasteiger partial charge in [-0.2, -0.15) is 10.2 Å². The second-order valence-corrected chi connectivity index (χ2v) is 3.41. The quantitative estimate of drug-likeness (QED) is 0.626. The van der Waals surface area contributed by atoms with E-state index in [-0.39, 0.29) is 0 Å². The van der Waals surface area contributed by atoms with Crippen LogP contribution in [0.2, 0.25) is 0 Å². The zero-order valence-corrected chi connectivity index (χ0v) is 8.15.